The minimum atomic E-state index is -0.107. The van der Waals surface area contributed by atoms with Crippen LogP contribution in [0.15, 0.2) is 24.3 Å². The fraction of sp³-hybridized carbons (Fsp3) is 0.538. The van der Waals surface area contributed by atoms with Crippen LogP contribution in [0.1, 0.15) is 26.3 Å². The molecule has 2 N–H and O–H groups in total. The van der Waals surface area contributed by atoms with Crippen molar-refractivity contribution in [3.63, 3.8) is 0 Å². The van der Waals surface area contributed by atoms with Crippen LogP contribution in [0.5, 0.6) is 0 Å². The molecule has 1 rings (SSSR count). The lowest BCUT2D eigenvalue weighted by atomic mass is 10.1. The van der Waals surface area contributed by atoms with E-state index in [1.165, 1.54) is 9.13 Å². The van der Waals surface area contributed by atoms with Crippen LogP contribution in [0.2, 0.25) is 0 Å². The average Bonchev–Trinajstić information content (AvgIpc) is 2.18. The highest BCUT2D eigenvalue weighted by Crippen LogP contribution is 2.10. The van der Waals surface area contributed by atoms with E-state index < -0.39 is 0 Å². The second kappa shape index (κ2) is 5.98. The molecule has 0 fully saturated rings. The Morgan fingerprint density at radius 2 is 1.81 bits per heavy atom. The van der Waals surface area contributed by atoms with Gasteiger partial charge in [-0.05, 0) is 67.5 Å². The molecule has 0 bridgehead atoms. The number of benzene rings is 1. The third-order valence-corrected chi connectivity index (χ3v) is 2.86. The van der Waals surface area contributed by atoms with Gasteiger partial charge in [-0.1, -0.05) is 12.1 Å². The van der Waals surface area contributed by atoms with Crippen LogP contribution in [0.4, 0.5) is 0 Å². The second-order valence-corrected chi connectivity index (χ2v) is 6.26. The molecule has 16 heavy (non-hydrogen) atoms. The zero-order chi connectivity index (χ0) is 12.2. The molecular weight excluding hydrogens is 313 g/mol. The third kappa shape index (κ3) is 5.82. The third-order valence-electron chi connectivity index (χ3n) is 2.14. The summed E-state index contributed by atoms with van der Waals surface area (Å²) in [5.41, 5.74) is 7.19. The Kier molecular flexibility index (Phi) is 5.21. The van der Waals surface area contributed by atoms with E-state index in [2.05, 4.69) is 46.9 Å². The summed E-state index contributed by atoms with van der Waals surface area (Å²) in [5.74, 6) is 0. The van der Waals surface area contributed by atoms with E-state index in [4.69, 9.17) is 10.5 Å². The standard InChI is InChI=1S/C13H20INO/c1-13(2,3)16-9-12(15)8-10-4-6-11(14)7-5-10/h4-7,12H,8-9,15H2,1-3H3. The highest BCUT2D eigenvalue weighted by atomic mass is 127. The first-order valence-electron chi connectivity index (χ1n) is 5.51. The van der Waals surface area contributed by atoms with Crippen LogP contribution < -0.4 is 5.73 Å². The predicted molar refractivity (Wildman–Crippen MR) is 76.5 cm³/mol. The van der Waals surface area contributed by atoms with Crippen molar-refractivity contribution in [1.29, 1.82) is 0 Å². The molecule has 0 aromatic heterocycles. The molecule has 0 radical (unpaired) electrons. The van der Waals surface area contributed by atoms with Crippen molar-refractivity contribution in [1.82, 2.24) is 0 Å². The molecule has 0 aliphatic rings. The van der Waals surface area contributed by atoms with Crippen LogP contribution in [0.25, 0.3) is 0 Å². The number of rotatable bonds is 4. The van der Waals surface area contributed by atoms with Gasteiger partial charge in [0.1, 0.15) is 0 Å². The van der Waals surface area contributed by atoms with Gasteiger partial charge >= 0.3 is 0 Å². The van der Waals surface area contributed by atoms with Gasteiger partial charge in [0, 0.05) is 9.61 Å². The number of hydrogen-bond donors (Lipinski definition) is 1. The van der Waals surface area contributed by atoms with E-state index >= 15 is 0 Å². The van der Waals surface area contributed by atoms with Crippen LogP contribution in [0.3, 0.4) is 0 Å². The molecule has 1 unspecified atom stereocenters. The summed E-state index contributed by atoms with van der Waals surface area (Å²) in [6.45, 7) is 6.75. The Labute approximate surface area is 112 Å². The summed E-state index contributed by atoms with van der Waals surface area (Å²) in [5, 5.41) is 0. The normalized spacial score (nSPS) is 13.8. The molecule has 1 aromatic carbocycles. The molecule has 0 amide bonds. The maximum atomic E-state index is 6.02. The average molecular weight is 333 g/mol. The van der Waals surface area contributed by atoms with Gasteiger partial charge in [-0.2, -0.15) is 0 Å². The van der Waals surface area contributed by atoms with Gasteiger partial charge in [0.2, 0.25) is 0 Å². The minimum absolute atomic E-state index is 0.0688. The van der Waals surface area contributed by atoms with Crippen molar-refractivity contribution in [3.8, 4) is 0 Å². The Hall–Kier alpha value is -0.130. The molecule has 0 saturated carbocycles. The topological polar surface area (TPSA) is 35.2 Å². The highest BCUT2D eigenvalue weighted by Gasteiger charge is 2.13. The monoisotopic (exact) mass is 333 g/mol. The van der Waals surface area contributed by atoms with Crippen molar-refractivity contribution in [2.75, 3.05) is 6.61 Å². The molecule has 1 atom stereocenters. The molecule has 90 valence electrons. The Morgan fingerprint density at radius 3 is 2.31 bits per heavy atom. The van der Waals surface area contributed by atoms with Gasteiger partial charge in [0.05, 0.1) is 12.2 Å². The van der Waals surface area contributed by atoms with Gasteiger partial charge in [0.15, 0.2) is 0 Å². The molecule has 3 heteroatoms. The summed E-state index contributed by atoms with van der Waals surface area (Å²) < 4.78 is 6.91. The molecule has 2 nitrogen and oxygen atoms in total. The van der Waals surface area contributed by atoms with E-state index in [0.717, 1.165) is 6.42 Å². The summed E-state index contributed by atoms with van der Waals surface area (Å²) >= 11 is 2.30. The SMILES string of the molecule is CC(C)(C)OCC(N)Cc1ccc(I)cc1. The molecule has 0 aliphatic carbocycles. The first-order valence-corrected chi connectivity index (χ1v) is 6.59. The number of ether oxygens (including phenoxy) is 1. The van der Waals surface area contributed by atoms with Crippen LogP contribution >= 0.6 is 22.6 Å². The van der Waals surface area contributed by atoms with Crippen LogP contribution in [-0.2, 0) is 11.2 Å². The van der Waals surface area contributed by atoms with E-state index in [1.54, 1.807) is 0 Å². The van der Waals surface area contributed by atoms with E-state index in [9.17, 15) is 0 Å². The van der Waals surface area contributed by atoms with Crippen molar-refractivity contribution >= 4 is 22.6 Å². The maximum absolute atomic E-state index is 6.02. The van der Waals surface area contributed by atoms with Crippen molar-refractivity contribution in [3.05, 3.63) is 33.4 Å². The lowest BCUT2D eigenvalue weighted by Gasteiger charge is -2.22. The fourth-order valence-corrected chi connectivity index (χ4v) is 1.70. The van der Waals surface area contributed by atoms with Crippen LogP contribution in [-0.4, -0.2) is 18.2 Å². The Morgan fingerprint density at radius 1 is 1.25 bits per heavy atom. The fourth-order valence-electron chi connectivity index (χ4n) is 1.34. The van der Waals surface area contributed by atoms with Gasteiger partial charge in [-0.3, -0.25) is 0 Å². The van der Waals surface area contributed by atoms with Crippen molar-refractivity contribution in [2.45, 2.75) is 38.8 Å². The summed E-state index contributed by atoms with van der Waals surface area (Å²) in [6.07, 6.45) is 0.868. The van der Waals surface area contributed by atoms with Gasteiger partial charge in [0.25, 0.3) is 0 Å². The molecule has 1 aromatic rings. The first-order chi connectivity index (χ1) is 7.37. The van der Waals surface area contributed by atoms with Crippen molar-refractivity contribution < 1.29 is 4.74 Å². The van der Waals surface area contributed by atoms with E-state index in [0.29, 0.717) is 6.61 Å². The van der Waals surface area contributed by atoms with Crippen molar-refractivity contribution in [2.24, 2.45) is 5.73 Å². The lowest BCUT2D eigenvalue weighted by molar-refractivity contribution is -0.00983. The Balaban J connectivity index is 2.39. The second-order valence-electron chi connectivity index (χ2n) is 5.01. The molecule has 0 spiro atoms. The lowest BCUT2D eigenvalue weighted by Crippen LogP contribution is -2.33. The summed E-state index contributed by atoms with van der Waals surface area (Å²) in [7, 11) is 0. The summed E-state index contributed by atoms with van der Waals surface area (Å²) in [4.78, 5) is 0. The molecule has 0 aliphatic heterocycles. The zero-order valence-corrected chi connectivity index (χ0v) is 12.3. The number of hydrogen-bond acceptors (Lipinski definition) is 2. The zero-order valence-electron chi connectivity index (χ0n) is 10.2. The molecule has 0 heterocycles. The quantitative estimate of drug-likeness (QED) is 0.860. The first kappa shape index (κ1) is 13.9. The largest absolute Gasteiger partial charge is 0.374 e. The minimum Gasteiger partial charge on any atom is -0.374 e. The van der Waals surface area contributed by atoms with Gasteiger partial charge < -0.3 is 10.5 Å². The molecule has 0 saturated heterocycles. The highest BCUT2D eigenvalue weighted by molar-refractivity contribution is 14.1. The number of nitrogens with two attached hydrogens (primary N) is 1. The maximum Gasteiger partial charge on any atom is 0.0627 e. The summed E-state index contributed by atoms with van der Waals surface area (Å²) in [6, 6.07) is 8.53. The van der Waals surface area contributed by atoms with Gasteiger partial charge in [-0.25, -0.2) is 0 Å². The van der Waals surface area contributed by atoms with E-state index in [-0.39, 0.29) is 11.6 Å². The smallest absolute Gasteiger partial charge is 0.0627 e. The molecular formula is C13H20INO. The number of halogens is 1. The van der Waals surface area contributed by atoms with Gasteiger partial charge in [-0.15, -0.1) is 0 Å². The van der Waals surface area contributed by atoms with E-state index in [1.807, 2.05) is 20.8 Å². The Bertz CT molecular complexity index is 316. The van der Waals surface area contributed by atoms with Crippen LogP contribution in [0, 0.1) is 3.57 Å². The predicted octanol–water partition coefficient (Wildman–Crippen LogP) is 2.98.